The summed E-state index contributed by atoms with van der Waals surface area (Å²) in [6.07, 6.45) is 8.61. The maximum Gasteiger partial charge on any atom is 0.201 e. The highest BCUT2D eigenvalue weighted by Gasteiger charge is 2.21. The number of allylic oxidation sites excluding steroid dienone is 2. The van der Waals surface area contributed by atoms with Crippen LogP contribution in [0.2, 0.25) is 0 Å². The average molecular weight is 497 g/mol. The van der Waals surface area contributed by atoms with Gasteiger partial charge in [0.05, 0.1) is 6.61 Å². The molecule has 1 aliphatic carbocycles. The summed E-state index contributed by atoms with van der Waals surface area (Å²) >= 11 is 0. The maximum atomic E-state index is 15.1. The van der Waals surface area contributed by atoms with Gasteiger partial charge in [0.25, 0.3) is 0 Å². The molecule has 1 aliphatic rings. The smallest absolute Gasteiger partial charge is 0.201 e. The van der Waals surface area contributed by atoms with Crippen LogP contribution in [0.15, 0.2) is 54.6 Å². The fraction of sp³-hybridized carbons (Fsp3) is 0.355. The van der Waals surface area contributed by atoms with Crippen molar-refractivity contribution in [3.63, 3.8) is 0 Å². The van der Waals surface area contributed by atoms with Gasteiger partial charge < -0.3 is 4.74 Å². The van der Waals surface area contributed by atoms with E-state index < -0.39 is 23.3 Å². The van der Waals surface area contributed by atoms with Gasteiger partial charge in [-0.1, -0.05) is 75.6 Å². The summed E-state index contributed by atoms with van der Waals surface area (Å²) in [6, 6.07) is 12.4. The first kappa shape index (κ1) is 26.0. The van der Waals surface area contributed by atoms with E-state index in [1.165, 1.54) is 12.1 Å². The first-order valence-corrected chi connectivity index (χ1v) is 12.8. The van der Waals surface area contributed by atoms with Gasteiger partial charge in [0.15, 0.2) is 23.2 Å². The Morgan fingerprint density at radius 1 is 0.722 bits per heavy atom. The lowest BCUT2D eigenvalue weighted by Gasteiger charge is -2.22. The van der Waals surface area contributed by atoms with Gasteiger partial charge in [-0.15, -0.1) is 0 Å². The molecule has 0 saturated carbocycles. The molecule has 4 rings (SSSR count). The Balaban J connectivity index is 1.55. The predicted octanol–water partition coefficient (Wildman–Crippen LogP) is 9.74. The molecule has 0 fully saturated rings. The Morgan fingerprint density at radius 2 is 1.31 bits per heavy atom. The Kier molecular flexibility index (Phi) is 8.50. The first-order chi connectivity index (χ1) is 17.4. The zero-order chi connectivity index (χ0) is 25.7. The summed E-state index contributed by atoms with van der Waals surface area (Å²) in [5.74, 6) is -3.28. The van der Waals surface area contributed by atoms with E-state index in [0.717, 1.165) is 50.5 Å². The van der Waals surface area contributed by atoms with E-state index in [4.69, 9.17) is 4.74 Å². The Morgan fingerprint density at radius 3 is 1.89 bits per heavy atom. The third-order valence-electron chi connectivity index (χ3n) is 6.95. The molecule has 1 atom stereocenters. The molecule has 0 radical (unpaired) electrons. The minimum atomic E-state index is -1.03. The van der Waals surface area contributed by atoms with Crippen molar-refractivity contribution in [2.24, 2.45) is 5.92 Å². The standard InChI is InChI=1S/C31H32F4O/c1-3-5-19-36-27-18-17-26(30(34)31(27)35)23-13-11-22(12-14-23)25-16-15-24(28(32)29(25)33)21-9-7-20(6-4-2)8-10-21/h9,11-18,20H,3-8,10,19H2,1-2H3. The topological polar surface area (TPSA) is 9.23 Å². The molecule has 5 heteroatoms. The van der Waals surface area contributed by atoms with Crippen LogP contribution >= 0.6 is 0 Å². The third-order valence-corrected chi connectivity index (χ3v) is 6.95. The van der Waals surface area contributed by atoms with Crippen LogP contribution in [-0.4, -0.2) is 6.61 Å². The zero-order valence-corrected chi connectivity index (χ0v) is 20.9. The Hall–Kier alpha value is -3.08. The van der Waals surface area contributed by atoms with Crippen molar-refractivity contribution in [1.82, 2.24) is 0 Å². The van der Waals surface area contributed by atoms with Crippen LogP contribution in [0.5, 0.6) is 5.75 Å². The van der Waals surface area contributed by atoms with Crippen molar-refractivity contribution in [2.45, 2.75) is 58.8 Å². The maximum absolute atomic E-state index is 15.1. The van der Waals surface area contributed by atoms with Gasteiger partial charge in [-0.25, -0.2) is 13.2 Å². The number of ether oxygens (including phenoxy) is 1. The molecule has 0 aromatic heterocycles. The monoisotopic (exact) mass is 496 g/mol. The molecule has 0 amide bonds. The van der Waals surface area contributed by atoms with Crippen molar-refractivity contribution in [1.29, 1.82) is 0 Å². The Labute approximate surface area is 210 Å². The molecule has 0 heterocycles. The molecular formula is C31H32F4O. The molecule has 190 valence electrons. The fourth-order valence-electron chi connectivity index (χ4n) is 4.85. The molecule has 1 unspecified atom stereocenters. The van der Waals surface area contributed by atoms with Gasteiger partial charge in [-0.2, -0.15) is 4.39 Å². The van der Waals surface area contributed by atoms with Crippen molar-refractivity contribution in [2.75, 3.05) is 6.61 Å². The largest absolute Gasteiger partial charge is 0.490 e. The predicted molar refractivity (Wildman–Crippen MR) is 138 cm³/mol. The molecule has 0 spiro atoms. The number of unbranched alkanes of at least 4 members (excludes halogenated alkanes) is 1. The summed E-state index contributed by atoms with van der Waals surface area (Å²) in [6.45, 7) is 4.46. The minimum Gasteiger partial charge on any atom is -0.490 e. The molecule has 3 aromatic rings. The van der Waals surface area contributed by atoms with E-state index in [-0.39, 0.29) is 16.9 Å². The fourth-order valence-corrected chi connectivity index (χ4v) is 4.85. The van der Waals surface area contributed by atoms with Crippen LogP contribution in [0.1, 0.15) is 64.4 Å². The number of halogens is 4. The van der Waals surface area contributed by atoms with Crippen molar-refractivity contribution in [3.05, 3.63) is 83.4 Å². The number of hydrogen-bond acceptors (Lipinski definition) is 1. The average Bonchev–Trinajstić information content (AvgIpc) is 2.89. The van der Waals surface area contributed by atoms with Gasteiger partial charge in [0, 0.05) is 16.7 Å². The summed E-state index contributed by atoms with van der Waals surface area (Å²) in [5.41, 5.74) is 2.29. The van der Waals surface area contributed by atoms with Gasteiger partial charge in [-0.05, 0) is 60.4 Å². The highest BCUT2D eigenvalue weighted by atomic mass is 19.2. The van der Waals surface area contributed by atoms with Gasteiger partial charge in [0.2, 0.25) is 5.82 Å². The second-order valence-electron chi connectivity index (χ2n) is 9.47. The molecule has 1 nitrogen and oxygen atoms in total. The Bertz CT molecular complexity index is 1230. The molecule has 0 saturated heterocycles. The van der Waals surface area contributed by atoms with Crippen molar-refractivity contribution < 1.29 is 22.3 Å². The van der Waals surface area contributed by atoms with Crippen molar-refractivity contribution in [3.8, 4) is 28.0 Å². The molecule has 3 aromatic carbocycles. The van der Waals surface area contributed by atoms with Crippen LogP contribution in [0, 0.1) is 29.2 Å². The van der Waals surface area contributed by atoms with Gasteiger partial charge >= 0.3 is 0 Å². The molecule has 0 bridgehead atoms. The lowest BCUT2D eigenvalue weighted by Crippen LogP contribution is -2.06. The lowest BCUT2D eigenvalue weighted by molar-refractivity contribution is 0.289. The lowest BCUT2D eigenvalue weighted by atomic mass is 9.84. The first-order valence-electron chi connectivity index (χ1n) is 12.8. The number of benzene rings is 3. The minimum absolute atomic E-state index is 0.0782. The number of rotatable bonds is 9. The van der Waals surface area contributed by atoms with E-state index in [9.17, 15) is 8.78 Å². The second-order valence-corrected chi connectivity index (χ2v) is 9.47. The quantitative estimate of drug-likeness (QED) is 0.212. The second kappa shape index (κ2) is 11.8. The molecule has 0 N–H and O–H groups in total. The third kappa shape index (κ3) is 5.50. The van der Waals surface area contributed by atoms with Crippen LogP contribution in [0.4, 0.5) is 17.6 Å². The van der Waals surface area contributed by atoms with Crippen LogP contribution in [0.25, 0.3) is 27.8 Å². The van der Waals surface area contributed by atoms with Gasteiger partial charge in [-0.3, -0.25) is 0 Å². The zero-order valence-electron chi connectivity index (χ0n) is 20.9. The van der Waals surface area contributed by atoms with Crippen LogP contribution in [0.3, 0.4) is 0 Å². The van der Waals surface area contributed by atoms with Crippen LogP contribution in [-0.2, 0) is 0 Å². The summed E-state index contributed by atoms with van der Waals surface area (Å²) in [7, 11) is 0. The SMILES string of the molecule is CCCCOc1ccc(-c2ccc(-c3ccc(C4=CCC(CCC)CC4)c(F)c3F)cc2)c(F)c1F. The van der Waals surface area contributed by atoms with E-state index >= 15 is 8.78 Å². The number of hydrogen-bond donors (Lipinski definition) is 0. The van der Waals surface area contributed by atoms with Crippen LogP contribution < -0.4 is 4.74 Å². The highest BCUT2D eigenvalue weighted by molar-refractivity contribution is 5.74. The van der Waals surface area contributed by atoms with E-state index in [1.54, 1.807) is 36.4 Å². The summed E-state index contributed by atoms with van der Waals surface area (Å²) in [4.78, 5) is 0. The van der Waals surface area contributed by atoms with E-state index in [0.29, 0.717) is 29.2 Å². The molecule has 36 heavy (non-hydrogen) atoms. The summed E-state index contributed by atoms with van der Waals surface area (Å²) < 4.78 is 64.6. The highest BCUT2D eigenvalue weighted by Crippen LogP contribution is 2.37. The van der Waals surface area contributed by atoms with E-state index in [1.807, 2.05) is 13.0 Å². The van der Waals surface area contributed by atoms with Gasteiger partial charge in [0.1, 0.15) is 0 Å². The molecular weight excluding hydrogens is 464 g/mol. The normalized spacial score (nSPS) is 15.6. The van der Waals surface area contributed by atoms with E-state index in [2.05, 4.69) is 6.92 Å². The molecule has 0 aliphatic heterocycles. The summed E-state index contributed by atoms with van der Waals surface area (Å²) in [5, 5.41) is 0. The van der Waals surface area contributed by atoms with Crippen molar-refractivity contribution >= 4 is 5.57 Å².